The summed E-state index contributed by atoms with van der Waals surface area (Å²) in [6.45, 7) is 4.76. The third kappa shape index (κ3) is 57.1. The summed E-state index contributed by atoms with van der Waals surface area (Å²) < 4.78 is 23.4. The highest BCUT2D eigenvalue weighted by molar-refractivity contribution is 7.45. The van der Waals surface area contributed by atoms with Crippen LogP contribution >= 0.6 is 7.82 Å². The Balaban J connectivity index is 3.81. The highest BCUT2D eigenvalue weighted by Crippen LogP contribution is 2.38. The first kappa shape index (κ1) is 70.5. The van der Waals surface area contributed by atoms with Gasteiger partial charge in [0.1, 0.15) is 13.2 Å². The van der Waals surface area contributed by atoms with Gasteiger partial charge in [0.15, 0.2) is 0 Å². The van der Waals surface area contributed by atoms with Crippen molar-refractivity contribution in [3.8, 4) is 0 Å². The lowest BCUT2D eigenvalue weighted by Gasteiger charge is -2.30. The number of aliphatic hydroxyl groups is 1. The number of phosphoric ester groups is 1. The van der Waals surface area contributed by atoms with Crippen LogP contribution < -0.4 is 10.2 Å². The van der Waals surface area contributed by atoms with E-state index < -0.39 is 20.0 Å². The average Bonchev–Trinajstić information content (AvgIpc) is 3.33. The van der Waals surface area contributed by atoms with Crippen LogP contribution in [0.2, 0.25) is 0 Å². The van der Waals surface area contributed by atoms with E-state index in [-0.39, 0.29) is 19.1 Å². The summed E-state index contributed by atoms with van der Waals surface area (Å²) in [4.78, 5) is 25.5. The molecule has 0 radical (unpaired) electrons. The summed E-state index contributed by atoms with van der Waals surface area (Å²) in [5, 5.41) is 14.0. The lowest BCUT2D eigenvalue weighted by molar-refractivity contribution is -0.870. The normalized spacial score (nSPS) is 13.7. The monoisotopic (exact) mass is 1030 g/mol. The number of likely N-dealkylation sites (N-methyl/N-ethyl adjacent to an activating group) is 1. The Hall–Kier alpha value is -0.500. The second-order valence-corrected chi connectivity index (χ2v) is 24.9. The zero-order chi connectivity index (χ0) is 52.0. The highest BCUT2D eigenvalue weighted by Gasteiger charge is 2.24. The van der Waals surface area contributed by atoms with E-state index in [1.54, 1.807) is 0 Å². The Morgan fingerprint density at radius 2 is 0.690 bits per heavy atom. The van der Waals surface area contributed by atoms with E-state index >= 15 is 0 Å². The number of hydrogen-bond acceptors (Lipinski definition) is 6. The number of carbonyl (C=O) groups excluding carboxylic acids is 1. The van der Waals surface area contributed by atoms with Gasteiger partial charge in [-0.1, -0.05) is 322 Å². The zero-order valence-corrected chi connectivity index (χ0v) is 49.6. The second kappa shape index (κ2) is 54.3. The molecule has 0 aliphatic rings. The van der Waals surface area contributed by atoms with Crippen LogP contribution in [-0.4, -0.2) is 68.5 Å². The highest BCUT2D eigenvalue weighted by atomic mass is 31.2. The standard InChI is InChI=1S/C62H127N2O6P/c1-6-8-10-12-14-16-18-20-21-22-23-24-25-26-27-28-29-30-31-32-33-34-35-36-37-38-39-40-41-42-43-44-46-48-50-52-54-56-62(66)63-60(59-70-71(67,68)69-58-57-64(3,4)5)61(65)55-53-51-49-47-45-19-17-15-13-11-9-7-2/h60-61,65H,6-59H2,1-5H3,(H-,63,66,67,68). The Labute approximate surface area is 444 Å². The van der Waals surface area contributed by atoms with Crippen molar-refractivity contribution >= 4 is 13.7 Å². The van der Waals surface area contributed by atoms with Gasteiger partial charge in [-0.25, -0.2) is 0 Å². The molecule has 0 aliphatic carbocycles. The maximum atomic E-state index is 13.0. The number of amides is 1. The Bertz CT molecular complexity index is 1120. The summed E-state index contributed by atoms with van der Waals surface area (Å²) in [5.74, 6) is -0.157. The van der Waals surface area contributed by atoms with Gasteiger partial charge in [0.25, 0.3) is 7.82 Å². The zero-order valence-electron chi connectivity index (χ0n) is 48.7. The smallest absolute Gasteiger partial charge is 0.268 e. The predicted molar refractivity (Wildman–Crippen MR) is 307 cm³/mol. The van der Waals surface area contributed by atoms with Gasteiger partial charge >= 0.3 is 0 Å². The van der Waals surface area contributed by atoms with E-state index in [1.807, 2.05) is 21.1 Å². The quantitative estimate of drug-likeness (QED) is 0.0357. The van der Waals surface area contributed by atoms with E-state index in [4.69, 9.17) is 9.05 Å². The van der Waals surface area contributed by atoms with Gasteiger partial charge in [-0.3, -0.25) is 9.36 Å². The molecule has 3 unspecified atom stereocenters. The number of unbranched alkanes of at least 4 members (excludes halogenated alkanes) is 47. The minimum absolute atomic E-state index is 0.0164. The fraction of sp³-hybridized carbons (Fsp3) is 0.984. The molecular formula is C62H127N2O6P. The second-order valence-electron chi connectivity index (χ2n) is 23.5. The maximum Gasteiger partial charge on any atom is 0.268 e. The third-order valence-corrected chi connectivity index (χ3v) is 16.1. The summed E-state index contributed by atoms with van der Waals surface area (Å²) >= 11 is 0. The molecule has 426 valence electrons. The maximum absolute atomic E-state index is 13.0. The van der Waals surface area contributed by atoms with Gasteiger partial charge in [0.2, 0.25) is 5.91 Å². The van der Waals surface area contributed by atoms with E-state index in [0.717, 1.165) is 38.5 Å². The van der Waals surface area contributed by atoms with Crippen molar-refractivity contribution in [3.63, 3.8) is 0 Å². The molecule has 0 saturated heterocycles. The molecule has 71 heavy (non-hydrogen) atoms. The summed E-state index contributed by atoms with van der Waals surface area (Å²) in [5.41, 5.74) is 0. The molecule has 0 aromatic rings. The van der Waals surface area contributed by atoms with Crippen molar-refractivity contribution in [1.29, 1.82) is 0 Å². The number of aliphatic hydroxyl groups excluding tert-OH is 1. The molecule has 0 fully saturated rings. The van der Waals surface area contributed by atoms with Gasteiger partial charge in [-0.15, -0.1) is 0 Å². The van der Waals surface area contributed by atoms with Crippen LogP contribution in [0.25, 0.3) is 0 Å². The van der Waals surface area contributed by atoms with Crippen LogP contribution in [0.3, 0.4) is 0 Å². The van der Waals surface area contributed by atoms with Crippen LogP contribution in [0.4, 0.5) is 0 Å². The predicted octanol–water partition coefficient (Wildman–Crippen LogP) is 19.0. The van der Waals surface area contributed by atoms with Crippen LogP contribution in [0.5, 0.6) is 0 Å². The molecular weight excluding hydrogens is 900 g/mol. The average molecular weight is 1030 g/mol. The molecule has 0 aromatic heterocycles. The van der Waals surface area contributed by atoms with Crippen molar-refractivity contribution in [3.05, 3.63) is 0 Å². The van der Waals surface area contributed by atoms with Crippen molar-refractivity contribution in [1.82, 2.24) is 5.32 Å². The topological polar surface area (TPSA) is 108 Å². The van der Waals surface area contributed by atoms with Crippen molar-refractivity contribution in [2.24, 2.45) is 0 Å². The Kier molecular flexibility index (Phi) is 53.9. The summed E-state index contributed by atoms with van der Waals surface area (Å²) in [6, 6.07) is -0.794. The molecule has 0 rings (SSSR count). The molecule has 0 heterocycles. The van der Waals surface area contributed by atoms with E-state index in [0.29, 0.717) is 23.9 Å². The van der Waals surface area contributed by atoms with Crippen LogP contribution in [-0.2, 0) is 18.4 Å². The van der Waals surface area contributed by atoms with Gasteiger partial charge in [-0.05, 0) is 12.8 Å². The molecule has 0 aromatic carbocycles. The molecule has 0 aliphatic heterocycles. The third-order valence-electron chi connectivity index (χ3n) is 15.1. The van der Waals surface area contributed by atoms with Gasteiger partial charge < -0.3 is 28.8 Å². The van der Waals surface area contributed by atoms with Gasteiger partial charge in [-0.2, -0.15) is 0 Å². The number of quaternary nitrogens is 1. The number of nitrogens with one attached hydrogen (secondary N) is 1. The first-order valence-electron chi connectivity index (χ1n) is 31.9. The number of carbonyl (C=O) groups is 1. The minimum atomic E-state index is -4.56. The molecule has 8 nitrogen and oxygen atoms in total. The van der Waals surface area contributed by atoms with Crippen molar-refractivity contribution < 1.29 is 32.9 Å². The Morgan fingerprint density at radius 3 is 0.958 bits per heavy atom. The van der Waals surface area contributed by atoms with Crippen LogP contribution in [0.1, 0.15) is 341 Å². The lowest BCUT2D eigenvalue weighted by atomic mass is 10.0. The van der Waals surface area contributed by atoms with E-state index in [1.165, 1.54) is 276 Å². The molecule has 0 bridgehead atoms. The van der Waals surface area contributed by atoms with Crippen LogP contribution in [0, 0.1) is 0 Å². The Morgan fingerprint density at radius 1 is 0.437 bits per heavy atom. The van der Waals surface area contributed by atoms with Gasteiger partial charge in [0.05, 0.1) is 39.9 Å². The minimum Gasteiger partial charge on any atom is -0.756 e. The first-order chi connectivity index (χ1) is 34.5. The molecule has 9 heteroatoms. The van der Waals surface area contributed by atoms with Crippen molar-refractivity contribution in [2.75, 3.05) is 40.9 Å². The first-order valence-corrected chi connectivity index (χ1v) is 33.3. The number of rotatable bonds is 60. The van der Waals surface area contributed by atoms with Gasteiger partial charge in [0, 0.05) is 6.42 Å². The fourth-order valence-corrected chi connectivity index (χ4v) is 10.8. The largest absolute Gasteiger partial charge is 0.756 e. The molecule has 2 N–H and O–H groups in total. The summed E-state index contributed by atoms with van der Waals surface area (Å²) in [6.07, 6.45) is 66.2. The number of phosphoric acid groups is 1. The lowest BCUT2D eigenvalue weighted by Crippen LogP contribution is -2.46. The van der Waals surface area contributed by atoms with Crippen molar-refractivity contribution in [2.45, 2.75) is 353 Å². The molecule has 0 spiro atoms. The summed E-state index contributed by atoms with van der Waals surface area (Å²) in [7, 11) is 1.32. The number of hydrogen-bond donors (Lipinski definition) is 2. The number of nitrogens with zero attached hydrogens (tertiary/aromatic N) is 1. The molecule has 1 amide bonds. The van der Waals surface area contributed by atoms with E-state index in [9.17, 15) is 19.4 Å². The SMILES string of the molecule is CCCCCCCCCCCCCCCCCCCCCCCCCCCCCCCCCCCCCCCC(=O)NC(COP(=O)([O-])OCC[N+](C)(C)C)C(O)CCCCCCCCCCCCCC. The molecule has 3 atom stereocenters. The van der Waals surface area contributed by atoms with E-state index in [2.05, 4.69) is 19.2 Å². The fourth-order valence-electron chi connectivity index (χ4n) is 10.1. The molecule has 0 saturated carbocycles. The van der Waals surface area contributed by atoms with Crippen LogP contribution in [0.15, 0.2) is 0 Å².